The maximum absolute atomic E-state index is 12.9. The van der Waals surface area contributed by atoms with Crippen LogP contribution in [0, 0.1) is 6.92 Å². The molecule has 1 atom stereocenters. The summed E-state index contributed by atoms with van der Waals surface area (Å²) in [7, 11) is 3.96. The number of amides is 1. The Labute approximate surface area is 141 Å². The van der Waals surface area contributed by atoms with Gasteiger partial charge in [0.15, 0.2) is 0 Å². The first kappa shape index (κ1) is 17.2. The standard InChI is InChI=1S/C16H26N4O4/c1-12-17-20(15(22)24-12)9-14(21)19-11-16(6-4-5-7-16)23-10-13(19)8-18(2)3/h13H,4-11H2,1-3H3. The van der Waals surface area contributed by atoms with Gasteiger partial charge < -0.3 is 19.0 Å². The van der Waals surface area contributed by atoms with E-state index >= 15 is 0 Å². The van der Waals surface area contributed by atoms with Gasteiger partial charge in [-0.25, -0.2) is 4.79 Å². The molecule has 1 aliphatic carbocycles. The first-order valence-corrected chi connectivity index (χ1v) is 8.51. The van der Waals surface area contributed by atoms with E-state index in [4.69, 9.17) is 9.15 Å². The van der Waals surface area contributed by atoms with Crippen molar-refractivity contribution in [3.05, 3.63) is 16.4 Å². The monoisotopic (exact) mass is 338 g/mol. The van der Waals surface area contributed by atoms with Crippen molar-refractivity contribution in [2.45, 2.75) is 50.8 Å². The predicted molar refractivity (Wildman–Crippen MR) is 86.7 cm³/mol. The van der Waals surface area contributed by atoms with Crippen molar-refractivity contribution in [1.82, 2.24) is 19.6 Å². The Morgan fingerprint density at radius 2 is 2.08 bits per heavy atom. The lowest BCUT2D eigenvalue weighted by Gasteiger charge is -2.46. The molecule has 0 N–H and O–H groups in total. The molecule has 1 aromatic rings. The molecule has 1 unspecified atom stereocenters. The number of rotatable bonds is 4. The first-order valence-electron chi connectivity index (χ1n) is 8.51. The number of aromatic nitrogens is 2. The van der Waals surface area contributed by atoms with Gasteiger partial charge in [-0.3, -0.25) is 4.79 Å². The van der Waals surface area contributed by atoms with Crippen molar-refractivity contribution >= 4 is 5.91 Å². The molecule has 2 aliphatic rings. The summed E-state index contributed by atoms with van der Waals surface area (Å²) in [5.74, 6) is -0.424. The number of hydrogen-bond acceptors (Lipinski definition) is 6. The van der Waals surface area contributed by atoms with Crippen molar-refractivity contribution in [2.75, 3.05) is 33.8 Å². The summed E-state index contributed by atoms with van der Waals surface area (Å²) in [6.45, 7) is 3.37. The van der Waals surface area contributed by atoms with Gasteiger partial charge in [-0.05, 0) is 26.9 Å². The predicted octanol–water partition coefficient (Wildman–Crippen LogP) is 0.247. The van der Waals surface area contributed by atoms with E-state index in [1.54, 1.807) is 6.92 Å². The Bertz CT molecular complexity index is 645. The van der Waals surface area contributed by atoms with E-state index in [1.165, 1.54) is 0 Å². The summed E-state index contributed by atoms with van der Waals surface area (Å²) in [5, 5.41) is 3.97. The zero-order chi connectivity index (χ0) is 17.3. The Kier molecular flexibility index (Phi) is 4.78. The number of aryl methyl sites for hydroxylation is 1. The minimum atomic E-state index is -0.589. The van der Waals surface area contributed by atoms with Gasteiger partial charge in [-0.2, -0.15) is 4.68 Å². The fraction of sp³-hybridized carbons (Fsp3) is 0.812. The van der Waals surface area contributed by atoms with Crippen LogP contribution in [0.5, 0.6) is 0 Å². The Morgan fingerprint density at radius 3 is 2.67 bits per heavy atom. The fourth-order valence-corrected chi connectivity index (χ4v) is 3.76. The van der Waals surface area contributed by atoms with E-state index in [0.29, 0.717) is 13.2 Å². The van der Waals surface area contributed by atoms with E-state index in [9.17, 15) is 9.59 Å². The van der Waals surface area contributed by atoms with E-state index in [2.05, 4.69) is 5.10 Å². The molecule has 1 aliphatic heterocycles. The maximum atomic E-state index is 12.9. The molecule has 8 heteroatoms. The summed E-state index contributed by atoms with van der Waals surface area (Å²) >= 11 is 0. The lowest BCUT2D eigenvalue weighted by Crippen LogP contribution is -2.60. The smallest absolute Gasteiger partial charge is 0.393 e. The Hall–Kier alpha value is -1.67. The van der Waals surface area contributed by atoms with Crippen LogP contribution in [0.1, 0.15) is 31.6 Å². The average molecular weight is 338 g/mol. The molecule has 0 bridgehead atoms. The van der Waals surface area contributed by atoms with Gasteiger partial charge in [0, 0.05) is 13.5 Å². The van der Waals surface area contributed by atoms with E-state index in [1.807, 2.05) is 23.9 Å². The van der Waals surface area contributed by atoms with Crippen LogP contribution in [-0.2, 0) is 16.1 Å². The van der Waals surface area contributed by atoms with Crippen molar-refractivity contribution in [3.8, 4) is 0 Å². The summed E-state index contributed by atoms with van der Waals surface area (Å²) in [4.78, 5) is 28.5. The molecule has 134 valence electrons. The van der Waals surface area contributed by atoms with Gasteiger partial charge >= 0.3 is 5.76 Å². The highest BCUT2D eigenvalue weighted by Crippen LogP contribution is 2.37. The minimum absolute atomic E-state index is 0.0116. The lowest BCUT2D eigenvalue weighted by atomic mass is 9.97. The third-order valence-electron chi connectivity index (χ3n) is 4.88. The van der Waals surface area contributed by atoms with Crippen LogP contribution < -0.4 is 5.76 Å². The van der Waals surface area contributed by atoms with Crippen LogP contribution in [0.4, 0.5) is 0 Å². The summed E-state index contributed by atoms with van der Waals surface area (Å²) < 4.78 is 12.2. The molecular formula is C16H26N4O4. The average Bonchev–Trinajstić information content (AvgIpc) is 3.08. The van der Waals surface area contributed by atoms with Crippen molar-refractivity contribution < 1.29 is 13.9 Å². The third-order valence-corrected chi connectivity index (χ3v) is 4.88. The Balaban J connectivity index is 1.77. The highest BCUT2D eigenvalue weighted by molar-refractivity contribution is 5.76. The Morgan fingerprint density at radius 1 is 1.38 bits per heavy atom. The van der Waals surface area contributed by atoms with Crippen LogP contribution in [0.15, 0.2) is 9.21 Å². The van der Waals surface area contributed by atoms with E-state index < -0.39 is 5.76 Å². The van der Waals surface area contributed by atoms with Crippen LogP contribution in [-0.4, -0.2) is 70.9 Å². The van der Waals surface area contributed by atoms with Gasteiger partial charge in [0.2, 0.25) is 11.8 Å². The highest BCUT2D eigenvalue weighted by atomic mass is 16.5. The number of morpholine rings is 1. The molecule has 8 nitrogen and oxygen atoms in total. The van der Waals surface area contributed by atoms with Crippen LogP contribution in [0.25, 0.3) is 0 Å². The van der Waals surface area contributed by atoms with Gasteiger partial charge in [0.1, 0.15) is 6.54 Å². The highest BCUT2D eigenvalue weighted by Gasteiger charge is 2.44. The van der Waals surface area contributed by atoms with Crippen molar-refractivity contribution in [1.29, 1.82) is 0 Å². The molecule has 2 heterocycles. The fourth-order valence-electron chi connectivity index (χ4n) is 3.76. The molecule has 0 aromatic carbocycles. The van der Waals surface area contributed by atoms with Crippen LogP contribution >= 0.6 is 0 Å². The van der Waals surface area contributed by atoms with Crippen LogP contribution in [0.3, 0.4) is 0 Å². The molecule has 2 fully saturated rings. The number of ether oxygens (including phenoxy) is 1. The molecule has 1 spiro atoms. The molecular weight excluding hydrogens is 312 g/mol. The SMILES string of the molecule is Cc1nn(CC(=O)N2CC3(CCCC3)OCC2CN(C)C)c(=O)o1. The van der Waals surface area contributed by atoms with Gasteiger partial charge in [-0.15, -0.1) is 5.10 Å². The number of hydrogen-bond donors (Lipinski definition) is 0. The normalized spacial score (nSPS) is 23.3. The minimum Gasteiger partial charge on any atom is -0.393 e. The van der Waals surface area contributed by atoms with Gasteiger partial charge in [0.25, 0.3) is 0 Å². The second-order valence-corrected chi connectivity index (χ2v) is 7.18. The molecule has 1 aromatic heterocycles. The van der Waals surface area contributed by atoms with Crippen molar-refractivity contribution in [2.24, 2.45) is 0 Å². The van der Waals surface area contributed by atoms with E-state index in [-0.39, 0.29) is 30.0 Å². The van der Waals surface area contributed by atoms with E-state index in [0.717, 1.165) is 36.9 Å². The lowest BCUT2D eigenvalue weighted by molar-refractivity contribution is -0.163. The number of carbonyl (C=O) groups is 1. The second-order valence-electron chi connectivity index (χ2n) is 7.18. The maximum Gasteiger partial charge on any atom is 0.437 e. The molecule has 1 saturated heterocycles. The van der Waals surface area contributed by atoms with Crippen LogP contribution in [0.2, 0.25) is 0 Å². The largest absolute Gasteiger partial charge is 0.437 e. The molecule has 1 amide bonds. The van der Waals surface area contributed by atoms with Gasteiger partial charge in [-0.1, -0.05) is 12.8 Å². The molecule has 0 radical (unpaired) electrons. The number of carbonyl (C=O) groups excluding carboxylic acids is 1. The molecule has 1 saturated carbocycles. The zero-order valence-electron chi connectivity index (χ0n) is 14.7. The number of nitrogens with zero attached hydrogens (tertiary/aromatic N) is 4. The summed E-state index contributed by atoms with van der Waals surface area (Å²) in [5.41, 5.74) is -0.205. The molecule has 3 rings (SSSR count). The molecule has 24 heavy (non-hydrogen) atoms. The first-order chi connectivity index (χ1) is 11.4. The third kappa shape index (κ3) is 3.54. The zero-order valence-corrected chi connectivity index (χ0v) is 14.7. The summed E-state index contributed by atoms with van der Waals surface area (Å²) in [6.07, 6.45) is 4.27. The van der Waals surface area contributed by atoms with Gasteiger partial charge in [0.05, 0.1) is 24.8 Å². The van der Waals surface area contributed by atoms with Crippen molar-refractivity contribution in [3.63, 3.8) is 0 Å². The second kappa shape index (κ2) is 6.68. The summed E-state index contributed by atoms with van der Waals surface area (Å²) in [6, 6.07) is -0.0116. The quantitative estimate of drug-likeness (QED) is 0.783. The topological polar surface area (TPSA) is 80.8 Å². The number of likely N-dealkylation sites (N-methyl/N-ethyl adjacent to an activating group) is 1.